The third kappa shape index (κ3) is 3.25. The van der Waals surface area contributed by atoms with Crippen LogP contribution in [0.3, 0.4) is 0 Å². The summed E-state index contributed by atoms with van der Waals surface area (Å²) < 4.78 is 0. The smallest absolute Gasteiger partial charge is 0.243 e. The molecular weight excluding hydrogens is 272 g/mol. The first-order valence-corrected chi connectivity index (χ1v) is 7.76. The highest BCUT2D eigenvalue weighted by atomic mass is 16.2. The van der Waals surface area contributed by atoms with Crippen LogP contribution < -0.4 is 5.43 Å². The number of benzene rings is 2. The van der Waals surface area contributed by atoms with Crippen LogP contribution in [0.1, 0.15) is 36.8 Å². The van der Waals surface area contributed by atoms with Crippen LogP contribution in [0.15, 0.2) is 65.8 Å². The Kier molecular flexibility index (Phi) is 4.33. The lowest BCUT2D eigenvalue weighted by molar-refractivity contribution is -0.122. The number of nitrogens with one attached hydrogen (secondary N) is 1. The van der Waals surface area contributed by atoms with Gasteiger partial charge in [-0.1, -0.05) is 67.6 Å². The number of carbonyl (C=O) groups excluding carboxylic acids is 1. The summed E-state index contributed by atoms with van der Waals surface area (Å²) in [6.45, 7) is 2.04. The predicted molar refractivity (Wildman–Crippen MR) is 88.7 cm³/mol. The van der Waals surface area contributed by atoms with Crippen LogP contribution in [0, 0.1) is 5.92 Å². The molecule has 0 heterocycles. The Morgan fingerprint density at radius 3 is 2.36 bits per heavy atom. The molecule has 1 saturated carbocycles. The van der Waals surface area contributed by atoms with Crippen molar-refractivity contribution in [2.45, 2.75) is 25.7 Å². The van der Waals surface area contributed by atoms with Gasteiger partial charge in [-0.25, -0.2) is 5.43 Å². The molecule has 0 bridgehead atoms. The Morgan fingerprint density at radius 2 is 1.73 bits per heavy atom. The summed E-state index contributed by atoms with van der Waals surface area (Å²) in [5, 5.41) is 4.32. The average Bonchev–Trinajstić information content (AvgIpc) is 3.38. The van der Waals surface area contributed by atoms with Crippen molar-refractivity contribution in [3.63, 3.8) is 0 Å². The van der Waals surface area contributed by atoms with Crippen molar-refractivity contribution < 1.29 is 4.79 Å². The van der Waals surface area contributed by atoms with E-state index in [9.17, 15) is 4.79 Å². The predicted octanol–water partition coefficient (Wildman–Crippen LogP) is 3.72. The molecule has 3 heteroatoms. The Bertz CT molecular complexity index is 664. The molecule has 0 aliphatic heterocycles. The van der Waals surface area contributed by atoms with Gasteiger partial charge in [0.2, 0.25) is 5.91 Å². The van der Waals surface area contributed by atoms with Crippen LogP contribution in [-0.2, 0) is 4.79 Å². The van der Waals surface area contributed by atoms with Gasteiger partial charge in [-0.2, -0.15) is 5.10 Å². The molecule has 2 aromatic rings. The summed E-state index contributed by atoms with van der Waals surface area (Å²) in [5.41, 5.74) is 5.95. The molecule has 1 aliphatic carbocycles. The second-order valence-corrected chi connectivity index (χ2v) is 5.61. The van der Waals surface area contributed by atoms with Gasteiger partial charge >= 0.3 is 0 Å². The van der Waals surface area contributed by atoms with Crippen molar-refractivity contribution in [2.24, 2.45) is 11.0 Å². The van der Waals surface area contributed by atoms with Crippen LogP contribution in [-0.4, -0.2) is 11.6 Å². The van der Waals surface area contributed by atoms with Gasteiger partial charge in [0.1, 0.15) is 0 Å². The average molecular weight is 292 g/mol. The number of carbonyl (C=O) groups is 1. The van der Waals surface area contributed by atoms with Gasteiger partial charge in [0, 0.05) is 5.92 Å². The van der Waals surface area contributed by atoms with E-state index in [4.69, 9.17) is 0 Å². The van der Waals surface area contributed by atoms with Crippen LogP contribution in [0.5, 0.6) is 0 Å². The monoisotopic (exact) mass is 292 g/mol. The van der Waals surface area contributed by atoms with Crippen molar-refractivity contribution in [3.8, 4) is 0 Å². The fourth-order valence-electron chi connectivity index (χ4n) is 2.74. The van der Waals surface area contributed by atoms with Crippen LogP contribution in [0.25, 0.3) is 0 Å². The minimum Gasteiger partial charge on any atom is -0.273 e. The fourth-order valence-corrected chi connectivity index (χ4v) is 2.74. The summed E-state index contributed by atoms with van der Waals surface area (Å²) >= 11 is 0. The normalized spacial score (nSPS) is 20.5. The maximum absolute atomic E-state index is 12.2. The van der Waals surface area contributed by atoms with E-state index in [0.29, 0.717) is 5.92 Å². The van der Waals surface area contributed by atoms with E-state index >= 15 is 0 Å². The quantitative estimate of drug-likeness (QED) is 0.662. The first kappa shape index (κ1) is 14.5. The molecule has 0 spiro atoms. The zero-order valence-corrected chi connectivity index (χ0v) is 12.7. The number of hydrogen-bond acceptors (Lipinski definition) is 2. The third-order valence-electron chi connectivity index (χ3n) is 4.10. The minimum atomic E-state index is 0.0238. The minimum absolute atomic E-state index is 0.0238. The second kappa shape index (κ2) is 6.56. The zero-order chi connectivity index (χ0) is 15.4. The van der Waals surface area contributed by atoms with Crippen LogP contribution in [0.2, 0.25) is 0 Å². The molecule has 0 saturated heterocycles. The zero-order valence-electron chi connectivity index (χ0n) is 12.7. The molecule has 112 valence electrons. The first-order valence-electron chi connectivity index (χ1n) is 7.76. The van der Waals surface area contributed by atoms with E-state index in [-0.39, 0.29) is 11.8 Å². The fraction of sp³-hybridized carbons (Fsp3) is 0.263. The number of nitrogens with zero attached hydrogens (tertiary/aromatic N) is 1. The van der Waals surface area contributed by atoms with Crippen molar-refractivity contribution in [1.82, 2.24) is 5.43 Å². The topological polar surface area (TPSA) is 41.5 Å². The van der Waals surface area contributed by atoms with E-state index in [1.165, 1.54) is 5.56 Å². The van der Waals surface area contributed by atoms with Gasteiger partial charge in [0.25, 0.3) is 0 Å². The van der Waals surface area contributed by atoms with Gasteiger partial charge in [-0.05, 0) is 29.9 Å². The molecule has 0 unspecified atom stereocenters. The third-order valence-corrected chi connectivity index (χ3v) is 4.10. The molecule has 0 aromatic heterocycles. The summed E-state index contributed by atoms with van der Waals surface area (Å²) in [4.78, 5) is 12.2. The highest BCUT2D eigenvalue weighted by Gasteiger charge is 2.43. The van der Waals surface area contributed by atoms with Crippen LogP contribution in [0.4, 0.5) is 0 Å². The number of amides is 1. The Morgan fingerprint density at radius 1 is 1.09 bits per heavy atom. The van der Waals surface area contributed by atoms with Gasteiger partial charge in [0.05, 0.1) is 5.71 Å². The first-order chi connectivity index (χ1) is 10.8. The molecule has 22 heavy (non-hydrogen) atoms. The Labute approximate surface area is 131 Å². The van der Waals surface area contributed by atoms with E-state index in [1.54, 1.807) is 0 Å². The van der Waals surface area contributed by atoms with Crippen molar-refractivity contribution in [3.05, 3.63) is 71.8 Å². The van der Waals surface area contributed by atoms with Crippen molar-refractivity contribution in [1.29, 1.82) is 0 Å². The largest absolute Gasteiger partial charge is 0.273 e. The SMILES string of the molecule is CC/C(=N/NC(=O)[C@H]1C[C@H]1c1ccccc1)c1ccccc1. The van der Waals surface area contributed by atoms with Crippen LogP contribution >= 0.6 is 0 Å². The van der Waals surface area contributed by atoms with E-state index < -0.39 is 0 Å². The molecule has 2 aromatic carbocycles. The highest BCUT2D eigenvalue weighted by molar-refractivity contribution is 6.01. The van der Waals surface area contributed by atoms with Gasteiger partial charge in [0.15, 0.2) is 0 Å². The number of hydrogen-bond donors (Lipinski definition) is 1. The maximum Gasteiger partial charge on any atom is 0.243 e. The molecular formula is C19H20N2O. The lowest BCUT2D eigenvalue weighted by Gasteiger charge is -2.05. The number of hydrazone groups is 1. The lowest BCUT2D eigenvalue weighted by atomic mass is 10.1. The van der Waals surface area contributed by atoms with E-state index in [2.05, 4.69) is 22.7 Å². The standard InChI is InChI=1S/C19H20N2O/c1-2-18(15-11-7-4-8-12-15)20-21-19(22)17-13-16(17)14-9-5-3-6-10-14/h3-12,16-17H,2,13H2,1H3,(H,21,22)/b20-18-/t16-,17-/m0/s1. The molecule has 3 rings (SSSR count). The summed E-state index contributed by atoms with van der Waals surface area (Å²) in [6.07, 6.45) is 1.70. The van der Waals surface area contributed by atoms with Crippen molar-refractivity contribution >= 4 is 11.6 Å². The highest BCUT2D eigenvalue weighted by Crippen LogP contribution is 2.47. The Hall–Kier alpha value is -2.42. The molecule has 1 fully saturated rings. The maximum atomic E-state index is 12.2. The van der Waals surface area contributed by atoms with E-state index in [0.717, 1.165) is 24.1 Å². The summed E-state index contributed by atoms with van der Waals surface area (Å²) in [5.74, 6) is 0.425. The summed E-state index contributed by atoms with van der Waals surface area (Å²) in [7, 11) is 0. The Balaban J connectivity index is 1.62. The molecule has 0 radical (unpaired) electrons. The lowest BCUT2D eigenvalue weighted by Crippen LogP contribution is -2.22. The van der Waals surface area contributed by atoms with E-state index in [1.807, 2.05) is 55.5 Å². The molecule has 3 nitrogen and oxygen atoms in total. The van der Waals surface area contributed by atoms with Gasteiger partial charge in [-0.15, -0.1) is 0 Å². The molecule has 2 atom stereocenters. The van der Waals surface area contributed by atoms with Crippen molar-refractivity contribution in [2.75, 3.05) is 0 Å². The molecule has 1 N–H and O–H groups in total. The summed E-state index contributed by atoms with van der Waals surface area (Å²) in [6, 6.07) is 20.2. The molecule has 1 amide bonds. The van der Waals surface area contributed by atoms with Gasteiger partial charge in [-0.3, -0.25) is 4.79 Å². The van der Waals surface area contributed by atoms with Gasteiger partial charge < -0.3 is 0 Å². The number of rotatable bonds is 5. The molecule has 1 aliphatic rings. The second-order valence-electron chi connectivity index (χ2n) is 5.61.